The molecule has 4 heterocycles. The Morgan fingerprint density at radius 2 is 2.00 bits per heavy atom. The number of hydrogen-bond donors (Lipinski definition) is 5. The van der Waals surface area contributed by atoms with E-state index in [1.165, 1.54) is 23.0 Å². The third-order valence-corrected chi connectivity index (χ3v) is 7.67. The summed E-state index contributed by atoms with van der Waals surface area (Å²) in [5.74, 6) is -2.47. The minimum atomic E-state index is -4.50. The van der Waals surface area contributed by atoms with Crippen LogP contribution in [0.3, 0.4) is 0 Å². The second-order valence-corrected chi connectivity index (χ2v) is 11.0. The number of anilines is 1. The normalized spacial score (nSPS) is 25.0. The van der Waals surface area contributed by atoms with Crippen molar-refractivity contribution in [1.82, 2.24) is 24.8 Å². The van der Waals surface area contributed by atoms with E-state index in [2.05, 4.69) is 20.3 Å². The largest absolute Gasteiger partial charge is 0.508 e. The quantitative estimate of drug-likeness (QED) is 0.107. The van der Waals surface area contributed by atoms with Crippen LogP contribution in [0.1, 0.15) is 24.6 Å². The zero-order valence-electron chi connectivity index (χ0n) is 23.4. The van der Waals surface area contributed by atoms with Crippen molar-refractivity contribution >= 4 is 72.3 Å². The van der Waals surface area contributed by atoms with Crippen LogP contribution in [0.25, 0.3) is 11.2 Å². The molecule has 1 aromatic carbocycles. The van der Waals surface area contributed by atoms with Crippen LogP contribution in [0.2, 0.25) is 0 Å². The molecule has 6 N–H and O–H groups in total. The number of fused-ring (bicyclic) bond motifs is 2. The van der Waals surface area contributed by atoms with Crippen molar-refractivity contribution in [2.45, 2.75) is 49.8 Å². The van der Waals surface area contributed by atoms with Gasteiger partial charge >= 0.3 is 19.8 Å². The molecule has 0 saturated carbocycles. The molecule has 2 aliphatic rings. The number of carbonyl (C=O) groups excluding carboxylic acids is 3. The Morgan fingerprint density at radius 3 is 2.70 bits per heavy atom. The number of aromatic amines is 1. The van der Waals surface area contributed by atoms with Crippen molar-refractivity contribution in [3.8, 4) is 5.75 Å². The van der Waals surface area contributed by atoms with Gasteiger partial charge in [0.05, 0.1) is 26.5 Å². The first-order chi connectivity index (χ1) is 20.4. The molecule has 1 radical (unpaired) electrons. The average Bonchev–Trinajstić information content (AvgIpc) is 3.52. The number of imidazole rings is 1. The smallest absolute Gasteiger partial charge is 0.472 e. The number of nitrogen functional groups attached to an aromatic ring is 1. The fourth-order valence-corrected chi connectivity index (χ4v) is 5.66. The van der Waals surface area contributed by atoms with Crippen LogP contribution in [-0.4, -0.2) is 115 Å². The topological polar surface area (TPSA) is 257 Å². The van der Waals surface area contributed by atoms with Gasteiger partial charge in [0.1, 0.15) is 24.0 Å². The molecule has 0 bridgehead atoms. The molecule has 231 valence electrons. The number of phenolic OH excluding ortho intramolecular Hbond substituents is 1. The Labute approximate surface area is 270 Å². The molecule has 18 nitrogen and oxygen atoms in total. The molecule has 6 unspecified atom stereocenters. The Kier molecular flexibility index (Phi) is 10.5. The van der Waals surface area contributed by atoms with Gasteiger partial charge in [0.15, 0.2) is 23.5 Å². The number of carbonyl (C=O) groups is 3. The number of rotatable bonds is 9. The minimum absolute atomic E-state index is 0. The van der Waals surface area contributed by atoms with E-state index in [4.69, 9.17) is 29.0 Å². The predicted octanol–water partition coefficient (Wildman–Crippen LogP) is -0.968. The van der Waals surface area contributed by atoms with Gasteiger partial charge in [0, 0.05) is 42.4 Å². The first-order valence-corrected chi connectivity index (χ1v) is 14.3. The van der Waals surface area contributed by atoms with Gasteiger partial charge in [-0.3, -0.25) is 33.0 Å². The van der Waals surface area contributed by atoms with Crippen molar-refractivity contribution in [3.63, 3.8) is 0 Å². The van der Waals surface area contributed by atoms with E-state index in [0.29, 0.717) is 5.56 Å². The number of nitrogens with two attached hydrogens (primary N) is 1. The molecule has 3 aromatic rings. The first kappa shape index (κ1) is 33.5. The van der Waals surface area contributed by atoms with E-state index in [9.17, 15) is 33.7 Å². The maximum atomic E-state index is 12.9. The third kappa shape index (κ3) is 7.47. The number of esters is 2. The zero-order chi connectivity index (χ0) is 30.9. The van der Waals surface area contributed by atoms with Gasteiger partial charge in [-0.05, 0) is 17.7 Å². The number of phosphoric ester groups is 1. The summed E-state index contributed by atoms with van der Waals surface area (Å²) in [5, 5.41) is 12.0. The predicted molar refractivity (Wildman–Crippen MR) is 148 cm³/mol. The number of ether oxygens (including phenoxy) is 3. The number of methoxy groups -OCH3 is 1. The number of benzene rings is 1. The van der Waals surface area contributed by atoms with Crippen LogP contribution >= 0.6 is 7.82 Å². The number of nitrogens with zero attached hydrogens (tertiary/aromatic N) is 3. The van der Waals surface area contributed by atoms with Crippen LogP contribution in [0.4, 0.5) is 5.95 Å². The number of hydrogen-bond acceptors (Lipinski definition) is 14. The van der Waals surface area contributed by atoms with E-state index in [-0.39, 0.29) is 65.4 Å². The van der Waals surface area contributed by atoms with Crippen molar-refractivity contribution in [2.75, 3.05) is 19.5 Å². The van der Waals surface area contributed by atoms with E-state index < -0.39 is 74.7 Å². The second kappa shape index (κ2) is 13.7. The SMILES string of the molecule is COC(=O)C(Cc1ccc(O)cc1)NC(=O)CCC(=O)OC1C2OP(=O)(O)OCC2OC1n1cnc2c(=O)[nH]c(N)nc21.[Na]. The Morgan fingerprint density at radius 1 is 1.27 bits per heavy atom. The fourth-order valence-electron chi connectivity index (χ4n) is 4.70. The summed E-state index contributed by atoms with van der Waals surface area (Å²) < 4.78 is 39.7. The van der Waals surface area contributed by atoms with Crippen LogP contribution in [0, 0.1) is 0 Å². The van der Waals surface area contributed by atoms with Gasteiger partial charge in [-0.1, -0.05) is 12.1 Å². The van der Waals surface area contributed by atoms with E-state index in [1.54, 1.807) is 12.1 Å². The van der Waals surface area contributed by atoms with Crippen molar-refractivity contribution in [1.29, 1.82) is 0 Å². The molecule has 2 saturated heterocycles. The van der Waals surface area contributed by atoms with Gasteiger partial charge in [-0.25, -0.2) is 14.3 Å². The molecular formula is C24H27N6NaO12P. The average molecular weight is 645 g/mol. The van der Waals surface area contributed by atoms with Crippen molar-refractivity contribution in [2.24, 2.45) is 0 Å². The van der Waals surface area contributed by atoms with Crippen LogP contribution < -0.4 is 16.6 Å². The number of aromatic nitrogens is 4. The molecule has 2 aliphatic heterocycles. The number of aromatic hydroxyl groups is 1. The van der Waals surface area contributed by atoms with E-state index >= 15 is 0 Å². The standard InChI is InChI=1S/C24H27N6O12P.Na/c1-38-23(35)13(8-11-2-4-12(31)5-3-11)27-15(32)6-7-16(33)41-19-18-14(9-39-43(36,37)42-18)40-22(19)30-10-26-17-20(30)28-24(25)29-21(17)34;/h2-5,10,13-14,18-19,22,31H,6-9H2,1H3,(H,27,32)(H,36,37)(H3,25,28,29,34);. The van der Waals surface area contributed by atoms with E-state index in [0.717, 1.165) is 7.11 Å². The summed E-state index contributed by atoms with van der Waals surface area (Å²) in [4.78, 5) is 70.4. The number of phosphoric acid groups is 1. The number of H-pyrrole nitrogens is 1. The first-order valence-electron chi connectivity index (χ1n) is 12.8. The summed E-state index contributed by atoms with van der Waals surface area (Å²) in [6.07, 6.45) is -4.40. The van der Waals surface area contributed by atoms with Gasteiger partial charge in [0.2, 0.25) is 11.9 Å². The summed E-state index contributed by atoms with van der Waals surface area (Å²) >= 11 is 0. The molecule has 0 spiro atoms. The molecule has 5 rings (SSSR count). The van der Waals surface area contributed by atoms with Crippen molar-refractivity contribution < 1.29 is 52.2 Å². The summed E-state index contributed by atoms with van der Waals surface area (Å²) in [5.41, 5.74) is 5.57. The maximum Gasteiger partial charge on any atom is 0.472 e. The van der Waals surface area contributed by atoms with Gasteiger partial charge < -0.3 is 35.3 Å². The van der Waals surface area contributed by atoms with Crippen molar-refractivity contribution in [3.05, 3.63) is 46.5 Å². The molecule has 2 aromatic heterocycles. The maximum absolute atomic E-state index is 12.9. The third-order valence-electron chi connectivity index (χ3n) is 6.69. The molecule has 0 aliphatic carbocycles. The van der Waals surface area contributed by atoms with Crippen LogP contribution in [-0.2, 0) is 48.6 Å². The number of phenols is 1. The Bertz CT molecular complexity index is 1650. The summed E-state index contributed by atoms with van der Waals surface area (Å²) in [6, 6.07) is 4.95. The Hall–Kier alpha value is -3.35. The molecule has 44 heavy (non-hydrogen) atoms. The van der Waals surface area contributed by atoms with Gasteiger partial charge in [0.25, 0.3) is 5.56 Å². The second-order valence-electron chi connectivity index (χ2n) is 9.64. The fraction of sp³-hybridized carbons (Fsp3) is 0.417. The number of amides is 1. The Balaban J connectivity index is 0.00000442. The van der Waals surface area contributed by atoms with E-state index in [1.807, 2.05) is 0 Å². The zero-order valence-corrected chi connectivity index (χ0v) is 26.3. The molecule has 2 fully saturated rings. The summed E-state index contributed by atoms with van der Waals surface area (Å²) in [6.45, 7) is -0.371. The monoisotopic (exact) mass is 645 g/mol. The number of nitrogens with one attached hydrogen (secondary N) is 2. The molecule has 1 amide bonds. The molecule has 6 atom stereocenters. The van der Waals surface area contributed by atoms with Crippen LogP contribution in [0.5, 0.6) is 5.75 Å². The van der Waals surface area contributed by atoms with Gasteiger partial charge in [-0.15, -0.1) is 0 Å². The molecular weight excluding hydrogens is 618 g/mol. The van der Waals surface area contributed by atoms with Gasteiger partial charge in [-0.2, -0.15) is 4.98 Å². The molecule has 20 heteroatoms. The summed E-state index contributed by atoms with van der Waals surface area (Å²) in [7, 11) is -3.34. The van der Waals surface area contributed by atoms with Crippen LogP contribution in [0.15, 0.2) is 35.4 Å². The minimum Gasteiger partial charge on any atom is -0.508 e.